The molecule has 0 aromatic heterocycles. The number of carbonyl (C=O) groups is 1. The van der Waals surface area contributed by atoms with Crippen molar-refractivity contribution in [2.75, 3.05) is 26.9 Å². The van der Waals surface area contributed by atoms with Gasteiger partial charge < -0.3 is 14.8 Å². The monoisotopic (exact) mass is 364 g/mol. The van der Waals surface area contributed by atoms with Crippen molar-refractivity contribution in [1.82, 2.24) is 10.6 Å². The number of amides is 1. The third-order valence-electron chi connectivity index (χ3n) is 3.65. The first-order valence-corrected chi connectivity index (χ1v) is 7.51. The normalized spacial score (nSPS) is 18.8. The molecule has 1 amide bonds. The molecule has 0 saturated carbocycles. The van der Waals surface area contributed by atoms with Crippen molar-refractivity contribution >= 4 is 18.3 Å². The summed E-state index contributed by atoms with van der Waals surface area (Å²) in [5, 5.41) is 5.22. The fourth-order valence-electron chi connectivity index (χ4n) is 2.38. The second kappa shape index (κ2) is 9.15. The Labute approximate surface area is 146 Å². The van der Waals surface area contributed by atoms with Crippen LogP contribution in [0.25, 0.3) is 0 Å². The van der Waals surface area contributed by atoms with Gasteiger partial charge in [0.2, 0.25) is 5.91 Å². The first kappa shape index (κ1) is 20.6. The van der Waals surface area contributed by atoms with Crippen molar-refractivity contribution in [2.24, 2.45) is 0 Å². The minimum Gasteiger partial charge on any atom is -0.491 e. The highest BCUT2D eigenvalue weighted by Crippen LogP contribution is 2.25. The summed E-state index contributed by atoms with van der Waals surface area (Å²) >= 11 is 0. The molecule has 136 valence electrons. The molecule has 0 spiro atoms. The van der Waals surface area contributed by atoms with Gasteiger partial charge in [-0.1, -0.05) is 12.1 Å². The number of hydrogen-bond donors (Lipinski definition) is 2. The molecular formula is C16H23ClF2N2O3. The predicted octanol–water partition coefficient (Wildman–Crippen LogP) is 2.06. The summed E-state index contributed by atoms with van der Waals surface area (Å²) in [4.78, 5) is 12.0. The molecule has 0 aliphatic carbocycles. The topological polar surface area (TPSA) is 59.6 Å². The summed E-state index contributed by atoms with van der Waals surface area (Å²) in [6.07, 6.45) is -0.468. The van der Waals surface area contributed by atoms with E-state index in [4.69, 9.17) is 9.47 Å². The van der Waals surface area contributed by atoms with Gasteiger partial charge in [0.25, 0.3) is 5.92 Å². The van der Waals surface area contributed by atoms with Crippen LogP contribution in [-0.4, -0.2) is 44.7 Å². The molecule has 1 aliphatic heterocycles. The van der Waals surface area contributed by atoms with E-state index in [1.54, 1.807) is 7.11 Å². The van der Waals surface area contributed by atoms with Crippen LogP contribution in [0.3, 0.4) is 0 Å². The molecule has 1 heterocycles. The highest BCUT2D eigenvalue weighted by Gasteiger charge is 2.42. The van der Waals surface area contributed by atoms with Gasteiger partial charge in [-0.25, -0.2) is 8.78 Å². The second-order valence-corrected chi connectivity index (χ2v) is 5.66. The zero-order valence-corrected chi connectivity index (χ0v) is 14.6. The molecule has 5 nitrogen and oxygen atoms in total. The number of halogens is 3. The first-order valence-electron chi connectivity index (χ1n) is 7.51. The lowest BCUT2D eigenvalue weighted by molar-refractivity contribution is -0.123. The van der Waals surface area contributed by atoms with Crippen molar-refractivity contribution in [3.05, 3.63) is 29.3 Å². The molecule has 8 heteroatoms. The standard InChI is InChI=1S/C16H22F2N2O3.ClH/c1-11-3-4-12(14(7-11)23-6-5-22-2)9-19-15(21)13-8-16(17,18)10-20-13;/h3-4,7,13,20H,5-6,8-10H2,1-2H3,(H,19,21);1H. The highest BCUT2D eigenvalue weighted by molar-refractivity contribution is 5.85. The number of carbonyl (C=O) groups excluding carboxylic acids is 1. The maximum atomic E-state index is 13.1. The summed E-state index contributed by atoms with van der Waals surface area (Å²) in [5.74, 6) is -2.59. The van der Waals surface area contributed by atoms with Gasteiger partial charge >= 0.3 is 0 Å². The molecule has 1 atom stereocenters. The van der Waals surface area contributed by atoms with E-state index in [2.05, 4.69) is 10.6 Å². The number of hydrogen-bond acceptors (Lipinski definition) is 4. The van der Waals surface area contributed by atoms with E-state index < -0.39 is 30.8 Å². The Hall–Kier alpha value is -1.44. The smallest absolute Gasteiger partial charge is 0.262 e. The van der Waals surface area contributed by atoms with Crippen molar-refractivity contribution in [2.45, 2.75) is 31.9 Å². The number of rotatable bonds is 7. The van der Waals surface area contributed by atoms with Crippen LogP contribution in [0.1, 0.15) is 17.5 Å². The van der Waals surface area contributed by atoms with E-state index in [-0.39, 0.29) is 19.0 Å². The molecule has 1 aliphatic rings. The lowest BCUT2D eigenvalue weighted by atomic mass is 10.1. The van der Waals surface area contributed by atoms with Gasteiger partial charge in [0, 0.05) is 25.6 Å². The van der Waals surface area contributed by atoms with E-state index >= 15 is 0 Å². The summed E-state index contributed by atoms with van der Waals surface area (Å²) < 4.78 is 36.8. The Morgan fingerprint density at radius 2 is 2.17 bits per heavy atom. The molecule has 2 N–H and O–H groups in total. The van der Waals surface area contributed by atoms with Crippen LogP contribution < -0.4 is 15.4 Å². The van der Waals surface area contributed by atoms with Gasteiger partial charge in [0.1, 0.15) is 12.4 Å². The molecule has 1 aromatic rings. The summed E-state index contributed by atoms with van der Waals surface area (Å²) in [7, 11) is 1.59. The van der Waals surface area contributed by atoms with Crippen molar-refractivity contribution in [3.63, 3.8) is 0 Å². The zero-order chi connectivity index (χ0) is 16.9. The Balaban J connectivity index is 0.00000288. The molecular weight excluding hydrogens is 342 g/mol. The van der Waals surface area contributed by atoms with E-state index in [9.17, 15) is 13.6 Å². The quantitative estimate of drug-likeness (QED) is 0.727. The zero-order valence-electron chi connectivity index (χ0n) is 13.7. The van der Waals surface area contributed by atoms with Gasteiger partial charge in [0.05, 0.1) is 19.2 Å². The van der Waals surface area contributed by atoms with E-state index in [1.165, 1.54) is 0 Å². The Morgan fingerprint density at radius 1 is 1.42 bits per heavy atom. The van der Waals surface area contributed by atoms with Gasteiger partial charge in [-0.3, -0.25) is 10.1 Å². The molecule has 1 unspecified atom stereocenters. The van der Waals surface area contributed by atoms with Crippen molar-refractivity contribution in [3.8, 4) is 5.75 Å². The maximum absolute atomic E-state index is 13.1. The lowest BCUT2D eigenvalue weighted by Crippen LogP contribution is -2.40. The van der Waals surface area contributed by atoms with Gasteiger partial charge in [-0.2, -0.15) is 0 Å². The lowest BCUT2D eigenvalue weighted by Gasteiger charge is -2.15. The van der Waals surface area contributed by atoms with Crippen LogP contribution in [0.4, 0.5) is 8.78 Å². The van der Waals surface area contributed by atoms with E-state index in [1.807, 2.05) is 25.1 Å². The fraction of sp³-hybridized carbons (Fsp3) is 0.562. The van der Waals surface area contributed by atoms with Gasteiger partial charge in [-0.15, -0.1) is 12.4 Å². The van der Waals surface area contributed by atoms with E-state index in [0.29, 0.717) is 19.0 Å². The molecule has 1 saturated heterocycles. The Morgan fingerprint density at radius 3 is 2.79 bits per heavy atom. The van der Waals surface area contributed by atoms with Crippen LogP contribution in [-0.2, 0) is 16.1 Å². The number of methoxy groups -OCH3 is 1. The van der Waals surface area contributed by atoms with Gasteiger partial charge in [0.15, 0.2) is 0 Å². The average Bonchev–Trinajstić information content (AvgIpc) is 2.86. The molecule has 0 radical (unpaired) electrons. The average molecular weight is 365 g/mol. The van der Waals surface area contributed by atoms with Gasteiger partial charge in [-0.05, 0) is 18.6 Å². The number of ether oxygens (including phenoxy) is 2. The van der Waals surface area contributed by atoms with Crippen LogP contribution in [0.2, 0.25) is 0 Å². The van der Waals surface area contributed by atoms with Crippen LogP contribution in [0, 0.1) is 6.92 Å². The molecule has 24 heavy (non-hydrogen) atoms. The van der Waals surface area contributed by atoms with E-state index in [0.717, 1.165) is 11.1 Å². The maximum Gasteiger partial charge on any atom is 0.262 e. The largest absolute Gasteiger partial charge is 0.491 e. The van der Waals surface area contributed by atoms with Crippen LogP contribution >= 0.6 is 12.4 Å². The van der Waals surface area contributed by atoms with Crippen molar-refractivity contribution < 1.29 is 23.0 Å². The summed E-state index contributed by atoms with van der Waals surface area (Å²) in [6, 6.07) is 4.79. The molecule has 2 rings (SSSR count). The fourth-order valence-corrected chi connectivity index (χ4v) is 2.38. The van der Waals surface area contributed by atoms with Crippen molar-refractivity contribution in [1.29, 1.82) is 0 Å². The van der Waals surface area contributed by atoms with Crippen LogP contribution in [0.15, 0.2) is 18.2 Å². The predicted molar refractivity (Wildman–Crippen MR) is 89.0 cm³/mol. The number of alkyl halides is 2. The molecule has 1 aromatic carbocycles. The summed E-state index contributed by atoms with van der Waals surface area (Å²) in [5.41, 5.74) is 1.83. The number of nitrogens with one attached hydrogen (secondary N) is 2. The minimum absolute atomic E-state index is 0. The minimum atomic E-state index is -2.82. The number of aryl methyl sites for hydroxylation is 1. The Bertz CT molecular complexity index is 558. The third kappa shape index (κ3) is 5.89. The molecule has 0 bridgehead atoms. The SMILES string of the molecule is COCCOc1cc(C)ccc1CNC(=O)C1CC(F)(F)CN1.Cl. The Kier molecular flexibility index (Phi) is 7.86. The summed E-state index contributed by atoms with van der Waals surface area (Å²) in [6.45, 7) is 2.57. The number of benzene rings is 1. The third-order valence-corrected chi connectivity index (χ3v) is 3.65. The first-order chi connectivity index (χ1) is 10.9. The van der Waals surface area contributed by atoms with Crippen LogP contribution in [0.5, 0.6) is 5.75 Å². The molecule has 1 fully saturated rings. The highest BCUT2D eigenvalue weighted by atomic mass is 35.5. The second-order valence-electron chi connectivity index (χ2n) is 5.66.